The van der Waals surface area contributed by atoms with E-state index in [4.69, 9.17) is 14.2 Å². The number of methoxy groups -OCH3 is 1. The minimum atomic E-state index is 0. The van der Waals surface area contributed by atoms with E-state index in [0.29, 0.717) is 32.9 Å². The molecule has 2 N–H and O–H groups in total. The molecule has 0 heterocycles. The highest BCUT2D eigenvalue weighted by atomic mass is 127. The van der Waals surface area contributed by atoms with Crippen molar-refractivity contribution in [2.45, 2.75) is 19.4 Å². The molecule has 0 atom stereocenters. The Labute approximate surface area is 167 Å². The van der Waals surface area contributed by atoms with Crippen LogP contribution >= 0.6 is 24.0 Å². The van der Waals surface area contributed by atoms with Crippen molar-refractivity contribution in [2.75, 3.05) is 47.1 Å². The van der Waals surface area contributed by atoms with Gasteiger partial charge in [0.2, 0.25) is 0 Å². The van der Waals surface area contributed by atoms with Crippen molar-refractivity contribution in [3.05, 3.63) is 29.8 Å². The van der Waals surface area contributed by atoms with Gasteiger partial charge in [-0.25, -0.2) is 0 Å². The number of hydrogen-bond donors (Lipinski definition) is 2. The molecule has 1 aromatic rings. The van der Waals surface area contributed by atoms with Crippen LogP contribution in [0.2, 0.25) is 0 Å². The largest absolute Gasteiger partial charge is 0.493 e. The fourth-order valence-corrected chi connectivity index (χ4v) is 2.17. The molecule has 1 aliphatic rings. The first-order valence-electron chi connectivity index (χ1n) is 8.55. The molecule has 6 nitrogen and oxygen atoms in total. The third-order valence-electron chi connectivity index (χ3n) is 3.78. The van der Waals surface area contributed by atoms with Crippen LogP contribution < -0.4 is 15.4 Å². The third-order valence-corrected chi connectivity index (χ3v) is 3.78. The Hall–Kier alpha value is -1.06. The summed E-state index contributed by atoms with van der Waals surface area (Å²) in [5.41, 5.74) is 1.14. The van der Waals surface area contributed by atoms with Crippen molar-refractivity contribution < 1.29 is 14.2 Å². The van der Waals surface area contributed by atoms with Crippen LogP contribution in [0.3, 0.4) is 0 Å². The molecular weight excluding hydrogens is 433 g/mol. The zero-order valence-electron chi connectivity index (χ0n) is 15.1. The van der Waals surface area contributed by atoms with Crippen molar-refractivity contribution in [1.29, 1.82) is 0 Å². The average molecular weight is 463 g/mol. The second-order valence-electron chi connectivity index (χ2n) is 5.82. The molecule has 0 aliphatic heterocycles. The highest BCUT2D eigenvalue weighted by molar-refractivity contribution is 14.0. The van der Waals surface area contributed by atoms with Gasteiger partial charge in [0.25, 0.3) is 0 Å². The molecule has 0 bridgehead atoms. The van der Waals surface area contributed by atoms with Crippen LogP contribution in [-0.4, -0.2) is 53.1 Å². The van der Waals surface area contributed by atoms with Gasteiger partial charge in [-0.05, 0) is 24.8 Å². The third kappa shape index (κ3) is 9.27. The Balaban J connectivity index is 0.00000312. The smallest absolute Gasteiger partial charge is 0.191 e. The summed E-state index contributed by atoms with van der Waals surface area (Å²) >= 11 is 0. The van der Waals surface area contributed by atoms with E-state index < -0.39 is 0 Å². The standard InChI is InChI=1S/C18H29N3O3.HI/c1-19-18(20-9-10-23-12-11-22-2)21-13-16-5-3-4-6-17(16)24-14-15-7-8-15;/h3-6,15H,7-14H2,1-2H3,(H2,19,20,21);1H. The number of rotatable bonds is 11. The van der Waals surface area contributed by atoms with Gasteiger partial charge in [-0.1, -0.05) is 18.2 Å². The van der Waals surface area contributed by atoms with Crippen molar-refractivity contribution in [2.24, 2.45) is 10.9 Å². The number of para-hydroxylation sites is 1. The van der Waals surface area contributed by atoms with Crippen LogP contribution in [0.1, 0.15) is 18.4 Å². The lowest BCUT2D eigenvalue weighted by atomic mass is 10.2. The van der Waals surface area contributed by atoms with Crippen LogP contribution in [0.25, 0.3) is 0 Å². The second-order valence-corrected chi connectivity index (χ2v) is 5.82. The van der Waals surface area contributed by atoms with Gasteiger partial charge in [-0.15, -0.1) is 24.0 Å². The summed E-state index contributed by atoms with van der Waals surface area (Å²) in [6.07, 6.45) is 2.59. The number of hydrogen-bond acceptors (Lipinski definition) is 4. The van der Waals surface area contributed by atoms with Crippen molar-refractivity contribution >= 4 is 29.9 Å². The van der Waals surface area contributed by atoms with E-state index in [1.807, 2.05) is 18.2 Å². The molecule has 1 aliphatic carbocycles. The molecule has 1 fully saturated rings. The maximum Gasteiger partial charge on any atom is 0.191 e. The Morgan fingerprint density at radius 2 is 1.96 bits per heavy atom. The first-order chi connectivity index (χ1) is 11.8. The lowest BCUT2D eigenvalue weighted by Gasteiger charge is -2.15. The SMILES string of the molecule is CN=C(NCCOCCOC)NCc1ccccc1OCC1CC1.I. The molecule has 1 aromatic carbocycles. The highest BCUT2D eigenvalue weighted by Crippen LogP contribution is 2.30. The molecule has 142 valence electrons. The zero-order chi connectivity index (χ0) is 17.0. The summed E-state index contributed by atoms with van der Waals surface area (Å²) < 4.78 is 16.3. The average Bonchev–Trinajstić information content (AvgIpc) is 3.44. The number of halogens is 1. The van der Waals surface area contributed by atoms with Crippen LogP contribution in [0.5, 0.6) is 5.75 Å². The summed E-state index contributed by atoms with van der Waals surface area (Å²) in [5, 5.41) is 6.54. The van der Waals surface area contributed by atoms with Crippen LogP contribution in [0, 0.1) is 5.92 Å². The molecule has 0 spiro atoms. The minimum Gasteiger partial charge on any atom is -0.493 e. The van der Waals surface area contributed by atoms with E-state index in [1.165, 1.54) is 12.8 Å². The number of nitrogens with zero attached hydrogens (tertiary/aromatic N) is 1. The Bertz CT molecular complexity index is 510. The molecule has 7 heteroatoms. The summed E-state index contributed by atoms with van der Waals surface area (Å²) in [5.74, 6) is 2.45. The van der Waals surface area contributed by atoms with Crippen molar-refractivity contribution in [1.82, 2.24) is 10.6 Å². The molecule has 25 heavy (non-hydrogen) atoms. The van der Waals surface area contributed by atoms with E-state index in [-0.39, 0.29) is 24.0 Å². The summed E-state index contributed by atoms with van der Waals surface area (Å²) in [6, 6.07) is 8.15. The molecule has 0 aromatic heterocycles. The lowest BCUT2D eigenvalue weighted by molar-refractivity contribution is 0.0733. The van der Waals surface area contributed by atoms with Gasteiger partial charge < -0.3 is 24.8 Å². The maximum atomic E-state index is 5.93. The van der Waals surface area contributed by atoms with Gasteiger partial charge >= 0.3 is 0 Å². The molecular formula is C18H30IN3O3. The fourth-order valence-electron chi connectivity index (χ4n) is 2.17. The molecule has 0 amide bonds. The van der Waals surface area contributed by atoms with E-state index in [9.17, 15) is 0 Å². The van der Waals surface area contributed by atoms with Crippen molar-refractivity contribution in [3.63, 3.8) is 0 Å². The lowest BCUT2D eigenvalue weighted by Crippen LogP contribution is -2.38. The number of guanidine groups is 1. The van der Waals surface area contributed by atoms with Gasteiger partial charge in [0.15, 0.2) is 5.96 Å². The summed E-state index contributed by atoms with van der Waals surface area (Å²) in [7, 11) is 3.43. The highest BCUT2D eigenvalue weighted by Gasteiger charge is 2.22. The number of nitrogens with one attached hydrogen (secondary N) is 2. The molecule has 0 radical (unpaired) electrons. The quantitative estimate of drug-likeness (QED) is 0.229. The number of ether oxygens (including phenoxy) is 3. The Morgan fingerprint density at radius 1 is 1.16 bits per heavy atom. The van der Waals surface area contributed by atoms with Gasteiger partial charge in [0, 0.05) is 32.8 Å². The first-order valence-corrected chi connectivity index (χ1v) is 8.55. The molecule has 0 unspecified atom stereocenters. The zero-order valence-corrected chi connectivity index (χ0v) is 17.5. The predicted octanol–water partition coefficient (Wildman–Crippen LogP) is 2.42. The van der Waals surface area contributed by atoms with E-state index >= 15 is 0 Å². The number of aliphatic imine (C=N–C) groups is 1. The Morgan fingerprint density at radius 3 is 2.68 bits per heavy atom. The van der Waals surface area contributed by atoms with Gasteiger partial charge in [0.05, 0.1) is 26.4 Å². The van der Waals surface area contributed by atoms with E-state index in [0.717, 1.165) is 29.8 Å². The van der Waals surface area contributed by atoms with Gasteiger partial charge in [-0.2, -0.15) is 0 Å². The van der Waals surface area contributed by atoms with E-state index in [1.54, 1.807) is 14.2 Å². The fraction of sp³-hybridized carbons (Fsp3) is 0.611. The van der Waals surface area contributed by atoms with Crippen LogP contribution in [0.15, 0.2) is 29.3 Å². The molecule has 0 saturated heterocycles. The molecule has 1 saturated carbocycles. The minimum absolute atomic E-state index is 0. The first kappa shape index (κ1) is 22.0. The monoisotopic (exact) mass is 463 g/mol. The van der Waals surface area contributed by atoms with Crippen LogP contribution in [0.4, 0.5) is 0 Å². The van der Waals surface area contributed by atoms with Crippen LogP contribution in [-0.2, 0) is 16.0 Å². The summed E-state index contributed by atoms with van der Waals surface area (Å²) in [6.45, 7) is 4.03. The maximum absolute atomic E-state index is 5.93. The summed E-state index contributed by atoms with van der Waals surface area (Å²) in [4.78, 5) is 4.22. The van der Waals surface area contributed by atoms with E-state index in [2.05, 4.69) is 21.7 Å². The topological polar surface area (TPSA) is 64.1 Å². The Kier molecular flexibility index (Phi) is 11.6. The normalized spacial score (nSPS) is 13.9. The van der Waals surface area contributed by atoms with Gasteiger partial charge in [-0.3, -0.25) is 4.99 Å². The number of benzene rings is 1. The molecule has 2 rings (SSSR count). The predicted molar refractivity (Wildman–Crippen MR) is 111 cm³/mol. The van der Waals surface area contributed by atoms with Gasteiger partial charge in [0.1, 0.15) is 5.75 Å². The second kappa shape index (κ2) is 13.2. The van der Waals surface area contributed by atoms with Crippen molar-refractivity contribution in [3.8, 4) is 5.75 Å².